The number of phenols is 1. The number of pyridine rings is 1. The van der Waals surface area contributed by atoms with Crippen LogP contribution in [0.3, 0.4) is 0 Å². The van der Waals surface area contributed by atoms with Crippen molar-refractivity contribution in [3.8, 4) is 67.5 Å². The van der Waals surface area contributed by atoms with Crippen molar-refractivity contribution in [3.63, 3.8) is 0 Å². The van der Waals surface area contributed by atoms with Gasteiger partial charge < -0.3 is 5.11 Å². The molecule has 0 radical (unpaired) electrons. The van der Waals surface area contributed by atoms with Gasteiger partial charge in [0.15, 0.2) is 0 Å². The Hall–Kier alpha value is -5.57. The Labute approximate surface area is 381 Å². The third kappa shape index (κ3) is 8.66. The summed E-state index contributed by atoms with van der Waals surface area (Å²) in [5.74, 6) is 1.36. The molecule has 0 atom stereocenters. The van der Waals surface area contributed by atoms with Gasteiger partial charge in [0.1, 0.15) is 11.6 Å². The van der Waals surface area contributed by atoms with Crippen molar-refractivity contribution < 1.29 is 30.3 Å². The Morgan fingerprint density at radius 3 is 2.03 bits per heavy atom. The molecular weight excluding hydrogens is 926 g/mol. The van der Waals surface area contributed by atoms with Crippen LogP contribution in [0.4, 0.5) is 0 Å². The summed E-state index contributed by atoms with van der Waals surface area (Å²) < 4.78 is 28.1. The first kappa shape index (κ1) is 39.6. The third-order valence-electron chi connectivity index (χ3n) is 11.7. The summed E-state index contributed by atoms with van der Waals surface area (Å²) in [6.45, 7) is 17.1. The van der Waals surface area contributed by atoms with Gasteiger partial charge in [-0.15, -0.1) is 29.3 Å². The number of para-hydroxylation sites is 1. The van der Waals surface area contributed by atoms with Crippen molar-refractivity contribution >= 4 is 11.0 Å². The van der Waals surface area contributed by atoms with Crippen molar-refractivity contribution in [1.82, 2.24) is 14.5 Å². The van der Waals surface area contributed by atoms with E-state index in [4.69, 9.17) is 14.1 Å². The molecule has 8 rings (SSSR count). The van der Waals surface area contributed by atoms with Crippen molar-refractivity contribution in [3.05, 3.63) is 167 Å². The molecule has 5 heteroatoms. The molecule has 0 bridgehead atoms. The molecule has 0 amide bonds. The van der Waals surface area contributed by atoms with Gasteiger partial charge in [-0.2, -0.15) is 0 Å². The Morgan fingerprint density at radius 2 is 1.36 bits per heavy atom. The minimum Gasteiger partial charge on any atom is -0.507 e. The van der Waals surface area contributed by atoms with Crippen molar-refractivity contribution in [2.75, 3.05) is 0 Å². The maximum absolute atomic E-state index is 12.2. The van der Waals surface area contributed by atoms with E-state index in [2.05, 4.69) is 129 Å². The van der Waals surface area contributed by atoms with E-state index in [0.717, 1.165) is 61.3 Å². The molecular formula is C56H56N3OPt-. The molecule has 2 heterocycles. The number of hydrogen-bond acceptors (Lipinski definition) is 3. The zero-order chi connectivity index (χ0) is 45.0. The zero-order valence-electron chi connectivity index (χ0n) is 39.5. The topological polar surface area (TPSA) is 50.9 Å². The summed E-state index contributed by atoms with van der Waals surface area (Å²) >= 11 is 0. The summed E-state index contributed by atoms with van der Waals surface area (Å²) in [6, 6.07) is 46.6. The fraction of sp³-hybridized carbons (Fsp3) is 0.250. The van der Waals surface area contributed by atoms with Crippen LogP contribution in [0.15, 0.2) is 134 Å². The number of rotatable bonds is 9. The third-order valence-corrected chi connectivity index (χ3v) is 11.7. The van der Waals surface area contributed by atoms with E-state index in [1.807, 2.05) is 71.4 Å². The van der Waals surface area contributed by atoms with E-state index < -0.39 is 6.85 Å². The Bertz CT molecular complexity index is 2960. The molecule has 0 aliphatic rings. The fourth-order valence-electron chi connectivity index (χ4n) is 8.03. The molecule has 61 heavy (non-hydrogen) atoms. The number of benzene rings is 6. The molecule has 2 aromatic heterocycles. The van der Waals surface area contributed by atoms with Gasteiger partial charge in [0, 0.05) is 42.8 Å². The van der Waals surface area contributed by atoms with Crippen LogP contribution in [0.2, 0.25) is 0 Å². The van der Waals surface area contributed by atoms with Gasteiger partial charge in [-0.3, -0.25) is 9.55 Å². The smallest absolute Gasteiger partial charge is 0.148 e. The van der Waals surface area contributed by atoms with E-state index in [0.29, 0.717) is 34.1 Å². The number of fused-ring (bicyclic) bond motifs is 1. The number of nitrogens with zero attached hydrogens (tertiary/aromatic N) is 3. The molecule has 0 aliphatic heterocycles. The summed E-state index contributed by atoms with van der Waals surface area (Å²) in [4.78, 5) is 10.3. The number of hydrogen-bond donors (Lipinski definition) is 1. The van der Waals surface area contributed by atoms with E-state index in [1.165, 1.54) is 5.56 Å². The van der Waals surface area contributed by atoms with Crippen LogP contribution < -0.4 is 0 Å². The minimum absolute atomic E-state index is 0. The summed E-state index contributed by atoms with van der Waals surface area (Å²) in [6.07, 6.45) is 1.87. The van der Waals surface area contributed by atoms with Gasteiger partial charge in [0.2, 0.25) is 0 Å². The average Bonchev–Trinajstić information content (AvgIpc) is 3.65. The van der Waals surface area contributed by atoms with Crippen LogP contribution in [-0.4, -0.2) is 19.6 Å². The standard InChI is InChI=1S/C56H56N3O.Pt/c1-34(2)38-19-21-39(22-20-38)41-25-26-57-51(33-41)44-28-43(29-45(30-44)56(8,9)10)48-17-14-18-52-53(48)58-55(50-32-42(35(3)4)31-49(36(5)6)54(50)60)59(52)46-23-24-47(37(7)27-46)40-15-12-11-13-16-40;/h11-27,29-36,60H,1-10H3;/q-1;/i7D3;. The molecule has 0 unspecified atom stereocenters. The second kappa shape index (κ2) is 17.4. The number of aryl methyl sites for hydroxylation is 1. The zero-order valence-corrected chi connectivity index (χ0v) is 38.8. The van der Waals surface area contributed by atoms with Gasteiger partial charge in [-0.1, -0.05) is 158 Å². The van der Waals surface area contributed by atoms with E-state index in [9.17, 15) is 5.11 Å². The van der Waals surface area contributed by atoms with Crippen LogP contribution in [0.5, 0.6) is 5.75 Å². The predicted octanol–water partition coefficient (Wildman–Crippen LogP) is 15.2. The molecule has 8 aromatic rings. The summed E-state index contributed by atoms with van der Waals surface area (Å²) in [5.41, 5.74) is 14.1. The van der Waals surface area contributed by atoms with Gasteiger partial charge in [-0.05, 0) is 105 Å². The summed E-state index contributed by atoms with van der Waals surface area (Å²) in [7, 11) is 0. The second-order valence-corrected chi connectivity index (χ2v) is 18.0. The predicted molar refractivity (Wildman–Crippen MR) is 252 cm³/mol. The largest absolute Gasteiger partial charge is 0.507 e. The van der Waals surface area contributed by atoms with E-state index in [1.54, 1.807) is 6.07 Å². The molecule has 0 spiro atoms. The van der Waals surface area contributed by atoms with Crippen LogP contribution >= 0.6 is 0 Å². The molecule has 1 N–H and O–H groups in total. The Kier molecular flexibility index (Phi) is 11.3. The van der Waals surface area contributed by atoms with Gasteiger partial charge in [0.25, 0.3) is 0 Å². The van der Waals surface area contributed by atoms with Crippen LogP contribution in [0.1, 0.15) is 112 Å². The molecule has 6 aromatic carbocycles. The Morgan fingerprint density at radius 1 is 0.639 bits per heavy atom. The van der Waals surface area contributed by atoms with E-state index >= 15 is 0 Å². The monoisotopic (exact) mass is 984 g/mol. The second-order valence-electron chi connectivity index (χ2n) is 18.0. The first-order valence-corrected chi connectivity index (χ1v) is 21.1. The van der Waals surface area contributed by atoms with Crippen LogP contribution in [0.25, 0.3) is 72.7 Å². The van der Waals surface area contributed by atoms with E-state index in [-0.39, 0.29) is 49.6 Å². The van der Waals surface area contributed by atoms with Crippen molar-refractivity contribution in [2.45, 2.75) is 92.3 Å². The average molecular weight is 985 g/mol. The van der Waals surface area contributed by atoms with Crippen molar-refractivity contribution in [2.24, 2.45) is 0 Å². The molecule has 312 valence electrons. The van der Waals surface area contributed by atoms with Crippen LogP contribution in [-0.2, 0) is 26.5 Å². The first-order chi connectivity index (χ1) is 29.9. The van der Waals surface area contributed by atoms with Crippen molar-refractivity contribution in [1.29, 1.82) is 0 Å². The van der Waals surface area contributed by atoms with Gasteiger partial charge in [-0.25, -0.2) is 4.98 Å². The summed E-state index contributed by atoms with van der Waals surface area (Å²) in [5, 5.41) is 12.2. The molecule has 0 aliphatic carbocycles. The fourth-order valence-corrected chi connectivity index (χ4v) is 8.03. The number of aromatic nitrogens is 3. The number of aromatic hydroxyl groups is 1. The SMILES string of the molecule is [2H]C([2H])([2H])c1cc(-n2c(-c3cc(C(C)C)cc(C(C)C)c3O)nc3c(-c4[c-]c(-c5cc(-c6ccc(C(C)C)cc6)ccn5)cc(C(C)(C)C)c4)cccc32)ccc1-c1ccccc1.[Pt]. The molecule has 0 saturated heterocycles. The number of phenolic OH excluding ortho intramolecular Hbond substituents is 1. The quantitative estimate of drug-likeness (QED) is 0.147. The molecule has 0 fully saturated rings. The molecule has 0 saturated carbocycles. The van der Waals surface area contributed by atoms with Crippen LogP contribution in [0, 0.1) is 12.9 Å². The maximum Gasteiger partial charge on any atom is 0.148 e. The Balaban J connectivity index is 0.00000612. The van der Waals surface area contributed by atoms with Gasteiger partial charge in [0.05, 0.1) is 16.6 Å². The molecule has 4 nitrogen and oxygen atoms in total. The minimum atomic E-state index is -2.41. The first-order valence-electron chi connectivity index (χ1n) is 22.6. The van der Waals surface area contributed by atoms with Gasteiger partial charge >= 0.3 is 0 Å². The number of imidazole rings is 1. The maximum atomic E-state index is 12.2. The normalized spacial score (nSPS) is 12.8.